The number of sulfonamides is 1. The lowest BCUT2D eigenvalue weighted by atomic mass is 9.97. The monoisotopic (exact) mass is 389 g/mol. The van der Waals surface area contributed by atoms with E-state index < -0.39 is 21.9 Å². The predicted molar refractivity (Wildman–Crippen MR) is 102 cm³/mol. The minimum Gasteiger partial charge on any atom is -0.283 e. The number of hydrogen-bond donors (Lipinski definition) is 1. The molecular formula is C19H20FN3O3S. The lowest BCUT2D eigenvalue weighted by molar-refractivity contribution is -0.132. The molecule has 0 saturated heterocycles. The van der Waals surface area contributed by atoms with Crippen LogP contribution in [0, 0.1) is 5.82 Å². The molecule has 8 heteroatoms. The van der Waals surface area contributed by atoms with E-state index >= 15 is 0 Å². The molecule has 1 heterocycles. The summed E-state index contributed by atoms with van der Waals surface area (Å²) in [6, 6.07) is 12.5. The van der Waals surface area contributed by atoms with Crippen molar-refractivity contribution in [3.8, 4) is 0 Å². The largest absolute Gasteiger partial charge is 0.283 e. The Kier molecular flexibility index (Phi) is 5.27. The summed E-state index contributed by atoms with van der Waals surface area (Å²) in [5.41, 5.74) is 1.84. The minimum absolute atomic E-state index is 0.227. The predicted octanol–water partition coefficient (Wildman–Crippen LogP) is 3.28. The third kappa shape index (κ3) is 4.16. The Morgan fingerprint density at radius 1 is 1.22 bits per heavy atom. The summed E-state index contributed by atoms with van der Waals surface area (Å²) < 4.78 is 40.1. The van der Waals surface area contributed by atoms with Crippen molar-refractivity contribution < 1.29 is 17.6 Å². The molecule has 0 spiro atoms. The zero-order valence-corrected chi connectivity index (χ0v) is 15.8. The van der Waals surface area contributed by atoms with Gasteiger partial charge in [0.2, 0.25) is 15.9 Å². The van der Waals surface area contributed by atoms with Crippen LogP contribution in [-0.4, -0.2) is 31.3 Å². The SMILES string of the molecule is CCC(=O)N1N=C(c2ccccc2NS(C)(=O)=O)C[C@H]1c1ccccc1F. The molecule has 1 atom stereocenters. The number of para-hydroxylation sites is 1. The first-order valence-corrected chi connectivity index (χ1v) is 10.4. The lowest BCUT2D eigenvalue weighted by Gasteiger charge is -2.21. The maximum absolute atomic E-state index is 14.3. The summed E-state index contributed by atoms with van der Waals surface area (Å²) in [4.78, 5) is 12.4. The van der Waals surface area contributed by atoms with Gasteiger partial charge in [0.05, 0.1) is 23.7 Å². The second-order valence-corrected chi connectivity index (χ2v) is 8.05. The van der Waals surface area contributed by atoms with Crippen LogP contribution in [-0.2, 0) is 14.8 Å². The van der Waals surface area contributed by atoms with Gasteiger partial charge in [-0.25, -0.2) is 17.8 Å². The van der Waals surface area contributed by atoms with Crippen LogP contribution in [0.5, 0.6) is 0 Å². The fourth-order valence-electron chi connectivity index (χ4n) is 3.08. The summed E-state index contributed by atoms with van der Waals surface area (Å²) in [5, 5.41) is 5.71. The Morgan fingerprint density at radius 2 is 1.89 bits per heavy atom. The minimum atomic E-state index is -3.48. The number of carbonyl (C=O) groups is 1. The van der Waals surface area contributed by atoms with Crippen LogP contribution >= 0.6 is 0 Å². The van der Waals surface area contributed by atoms with Crippen molar-refractivity contribution in [1.82, 2.24) is 5.01 Å². The molecule has 142 valence electrons. The molecule has 2 aromatic rings. The smallest absolute Gasteiger partial charge is 0.242 e. The number of nitrogens with zero attached hydrogens (tertiary/aromatic N) is 2. The normalized spacial score (nSPS) is 16.9. The van der Waals surface area contributed by atoms with Crippen molar-refractivity contribution in [3.05, 3.63) is 65.5 Å². The van der Waals surface area contributed by atoms with E-state index in [4.69, 9.17) is 0 Å². The maximum atomic E-state index is 14.3. The van der Waals surface area contributed by atoms with Gasteiger partial charge in [0, 0.05) is 24.0 Å². The zero-order chi connectivity index (χ0) is 19.6. The molecule has 0 bridgehead atoms. The molecular weight excluding hydrogens is 369 g/mol. The first kappa shape index (κ1) is 19.0. The van der Waals surface area contributed by atoms with Gasteiger partial charge in [-0.05, 0) is 12.1 Å². The van der Waals surface area contributed by atoms with Crippen molar-refractivity contribution in [1.29, 1.82) is 0 Å². The third-order valence-corrected chi connectivity index (χ3v) is 4.86. The molecule has 0 saturated carbocycles. The molecule has 2 aromatic carbocycles. The quantitative estimate of drug-likeness (QED) is 0.852. The number of hydrazone groups is 1. The zero-order valence-electron chi connectivity index (χ0n) is 15.0. The van der Waals surface area contributed by atoms with Crippen molar-refractivity contribution >= 4 is 27.3 Å². The molecule has 0 aliphatic carbocycles. The lowest BCUT2D eigenvalue weighted by Crippen LogP contribution is -2.26. The van der Waals surface area contributed by atoms with Crippen LogP contribution in [0.1, 0.15) is 36.9 Å². The molecule has 1 N–H and O–H groups in total. The van der Waals surface area contributed by atoms with Gasteiger partial charge in [-0.15, -0.1) is 0 Å². The highest BCUT2D eigenvalue weighted by Crippen LogP contribution is 2.35. The fourth-order valence-corrected chi connectivity index (χ4v) is 3.65. The first-order chi connectivity index (χ1) is 12.8. The molecule has 3 rings (SSSR count). The van der Waals surface area contributed by atoms with E-state index in [-0.39, 0.29) is 18.7 Å². The van der Waals surface area contributed by atoms with Gasteiger partial charge < -0.3 is 0 Å². The fraction of sp³-hybridized carbons (Fsp3) is 0.263. The second kappa shape index (κ2) is 7.48. The summed E-state index contributed by atoms with van der Waals surface area (Å²) in [6.07, 6.45) is 1.58. The molecule has 6 nitrogen and oxygen atoms in total. The van der Waals surface area contributed by atoms with E-state index in [2.05, 4.69) is 9.82 Å². The van der Waals surface area contributed by atoms with Gasteiger partial charge in [0.25, 0.3) is 0 Å². The van der Waals surface area contributed by atoms with Crippen LogP contribution in [0.15, 0.2) is 53.6 Å². The number of anilines is 1. The van der Waals surface area contributed by atoms with Crippen molar-refractivity contribution in [2.75, 3.05) is 11.0 Å². The van der Waals surface area contributed by atoms with Crippen LogP contribution in [0.3, 0.4) is 0 Å². The van der Waals surface area contributed by atoms with E-state index in [1.54, 1.807) is 49.4 Å². The standard InChI is InChI=1S/C19H20FN3O3S/c1-3-19(24)23-18(13-8-4-6-10-15(13)20)12-17(21-23)14-9-5-7-11-16(14)22-27(2,25)26/h4-11,18,22H,3,12H2,1-2H3/t18-/m0/s1. The van der Waals surface area contributed by atoms with E-state index in [9.17, 15) is 17.6 Å². The Labute approximate surface area is 157 Å². The van der Waals surface area contributed by atoms with Crippen LogP contribution in [0.2, 0.25) is 0 Å². The average molecular weight is 389 g/mol. The summed E-state index contributed by atoms with van der Waals surface area (Å²) in [7, 11) is -3.48. The molecule has 0 fully saturated rings. The van der Waals surface area contributed by atoms with Gasteiger partial charge in [0.1, 0.15) is 5.82 Å². The van der Waals surface area contributed by atoms with Gasteiger partial charge in [-0.3, -0.25) is 9.52 Å². The van der Waals surface area contributed by atoms with E-state index in [1.807, 2.05) is 0 Å². The number of halogens is 1. The number of carbonyl (C=O) groups excluding carboxylic acids is 1. The topological polar surface area (TPSA) is 78.8 Å². The summed E-state index contributed by atoms with van der Waals surface area (Å²) >= 11 is 0. The van der Waals surface area contributed by atoms with Gasteiger partial charge >= 0.3 is 0 Å². The highest BCUT2D eigenvalue weighted by Gasteiger charge is 2.34. The van der Waals surface area contributed by atoms with Crippen molar-refractivity contribution in [2.45, 2.75) is 25.8 Å². The van der Waals surface area contributed by atoms with Gasteiger partial charge in [0.15, 0.2) is 0 Å². The van der Waals surface area contributed by atoms with Gasteiger partial charge in [-0.1, -0.05) is 43.3 Å². The molecule has 0 radical (unpaired) electrons. The number of benzene rings is 2. The second-order valence-electron chi connectivity index (χ2n) is 6.30. The molecule has 27 heavy (non-hydrogen) atoms. The first-order valence-electron chi connectivity index (χ1n) is 8.51. The molecule has 1 aliphatic heterocycles. The Bertz CT molecular complexity index is 1000. The summed E-state index contributed by atoms with van der Waals surface area (Å²) in [6.45, 7) is 1.72. The number of hydrogen-bond acceptors (Lipinski definition) is 4. The molecule has 1 aliphatic rings. The van der Waals surface area contributed by atoms with Crippen LogP contribution < -0.4 is 4.72 Å². The van der Waals surface area contributed by atoms with E-state index in [0.717, 1.165) is 6.26 Å². The third-order valence-electron chi connectivity index (χ3n) is 4.27. The Morgan fingerprint density at radius 3 is 2.56 bits per heavy atom. The van der Waals surface area contributed by atoms with Crippen molar-refractivity contribution in [3.63, 3.8) is 0 Å². The average Bonchev–Trinajstić information content (AvgIpc) is 3.05. The van der Waals surface area contributed by atoms with Crippen molar-refractivity contribution in [2.24, 2.45) is 5.10 Å². The highest BCUT2D eigenvalue weighted by molar-refractivity contribution is 7.92. The van der Waals surface area contributed by atoms with Gasteiger partial charge in [-0.2, -0.15) is 5.10 Å². The van der Waals surface area contributed by atoms with Crippen LogP contribution in [0.4, 0.5) is 10.1 Å². The molecule has 1 amide bonds. The Balaban J connectivity index is 2.03. The van der Waals surface area contributed by atoms with E-state index in [1.165, 1.54) is 11.1 Å². The van der Waals surface area contributed by atoms with Crippen LogP contribution in [0.25, 0.3) is 0 Å². The number of nitrogens with one attached hydrogen (secondary N) is 1. The maximum Gasteiger partial charge on any atom is 0.242 e. The van der Waals surface area contributed by atoms with E-state index in [0.29, 0.717) is 22.5 Å². The Hall–Kier alpha value is -2.74. The molecule has 0 unspecified atom stereocenters. The number of amides is 1. The summed E-state index contributed by atoms with van der Waals surface area (Å²) in [5.74, 6) is -0.637. The number of rotatable bonds is 5. The highest BCUT2D eigenvalue weighted by atomic mass is 32.2. The molecule has 0 aromatic heterocycles.